The summed E-state index contributed by atoms with van der Waals surface area (Å²) < 4.78 is 32.8. The molecule has 33 heavy (non-hydrogen) atoms. The number of aromatic nitrogens is 6. The predicted octanol–water partition coefficient (Wildman–Crippen LogP) is 0.594. The van der Waals surface area contributed by atoms with Crippen LogP contribution < -0.4 is 21.1 Å². The highest BCUT2D eigenvalue weighted by molar-refractivity contribution is 5.64. The maximum Gasteiger partial charge on any atom is 0.368 e. The van der Waals surface area contributed by atoms with Crippen LogP contribution in [0.1, 0.15) is 5.56 Å². The molecule has 3 rings (SSSR count). The molecule has 2 N–H and O–H groups in total. The van der Waals surface area contributed by atoms with Crippen molar-refractivity contribution < 1.29 is 18.6 Å². The molecule has 0 saturated heterocycles. The standard InChI is InChI=1S/C19H22FN9O4/c1-22-17-12(10-21)11-23-18(25-17)24-14-9-15(29-19(30)28(2)26-27-29)16(8-13(14)20)33-7-6-32-5-4-31-3/h8-9,11H,4-7H2,1-3H3,(H2,22,23,24,25). The molecular weight excluding hydrogens is 437 g/mol. The van der Waals surface area contributed by atoms with Crippen molar-refractivity contribution in [1.82, 2.24) is 29.8 Å². The van der Waals surface area contributed by atoms with Gasteiger partial charge in [-0.3, -0.25) is 0 Å². The molecule has 0 radical (unpaired) electrons. The van der Waals surface area contributed by atoms with Crippen molar-refractivity contribution in [3.8, 4) is 17.5 Å². The van der Waals surface area contributed by atoms with Crippen LogP contribution in [0.3, 0.4) is 0 Å². The Kier molecular flexibility index (Phi) is 7.84. The van der Waals surface area contributed by atoms with Gasteiger partial charge in [0.2, 0.25) is 5.95 Å². The van der Waals surface area contributed by atoms with E-state index < -0.39 is 11.5 Å². The van der Waals surface area contributed by atoms with E-state index in [9.17, 15) is 9.18 Å². The highest BCUT2D eigenvalue weighted by Gasteiger charge is 2.18. The lowest BCUT2D eigenvalue weighted by atomic mass is 10.2. The zero-order valence-electron chi connectivity index (χ0n) is 18.2. The van der Waals surface area contributed by atoms with Crippen molar-refractivity contribution in [2.75, 3.05) is 51.2 Å². The van der Waals surface area contributed by atoms with Crippen molar-refractivity contribution in [2.24, 2.45) is 7.05 Å². The van der Waals surface area contributed by atoms with Crippen LogP contribution in [0.15, 0.2) is 23.1 Å². The molecular formula is C19H22FN9O4. The highest BCUT2D eigenvalue weighted by atomic mass is 19.1. The molecule has 174 valence electrons. The van der Waals surface area contributed by atoms with Crippen LogP contribution in [0.25, 0.3) is 5.69 Å². The zero-order valence-corrected chi connectivity index (χ0v) is 18.2. The van der Waals surface area contributed by atoms with Crippen LogP contribution in [-0.4, -0.2) is 70.3 Å². The molecule has 0 spiro atoms. The second-order valence-electron chi connectivity index (χ2n) is 6.49. The second kappa shape index (κ2) is 11.0. The van der Waals surface area contributed by atoms with Crippen LogP contribution in [-0.2, 0) is 16.5 Å². The van der Waals surface area contributed by atoms with Crippen molar-refractivity contribution in [3.05, 3.63) is 40.2 Å². The molecule has 2 aromatic heterocycles. The smallest absolute Gasteiger partial charge is 0.368 e. The van der Waals surface area contributed by atoms with Gasteiger partial charge in [0.25, 0.3) is 0 Å². The highest BCUT2D eigenvalue weighted by Crippen LogP contribution is 2.30. The maximum atomic E-state index is 14.9. The third kappa shape index (κ3) is 5.59. The number of halogens is 1. The molecule has 0 aliphatic heterocycles. The number of anilines is 3. The average Bonchev–Trinajstić information content (AvgIpc) is 3.15. The van der Waals surface area contributed by atoms with Crippen molar-refractivity contribution in [3.63, 3.8) is 0 Å². The second-order valence-corrected chi connectivity index (χ2v) is 6.49. The normalized spacial score (nSPS) is 10.6. The summed E-state index contributed by atoms with van der Waals surface area (Å²) in [4.78, 5) is 20.6. The van der Waals surface area contributed by atoms with Crippen molar-refractivity contribution in [1.29, 1.82) is 5.26 Å². The number of nitrogens with one attached hydrogen (secondary N) is 2. The minimum atomic E-state index is -0.690. The van der Waals surface area contributed by atoms with E-state index in [1.807, 2.05) is 6.07 Å². The number of ether oxygens (including phenoxy) is 3. The van der Waals surface area contributed by atoms with E-state index in [2.05, 4.69) is 31.0 Å². The van der Waals surface area contributed by atoms with Gasteiger partial charge in [0.1, 0.15) is 35.5 Å². The molecule has 0 atom stereocenters. The molecule has 0 unspecified atom stereocenters. The Morgan fingerprint density at radius 2 is 2.00 bits per heavy atom. The van der Waals surface area contributed by atoms with Crippen LogP contribution in [0.4, 0.5) is 21.8 Å². The Morgan fingerprint density at radius 3 is 2.67 bits per heavy atom. The average molecular weight is 459 g/mol. The number of nitriles is 1. The summed E-state index contributed by atoms with van der Waals surface area (Å²) in [5.74, 6) is -0.318. The van der Waals surface area contributed by atoms with Gasteiger partial charge in [-0.1, -0.05) is 0 Å². The third-order valence-corrected chi connectivity index (χ3v) is 4.31. The lowest BCUT2D eigenvalue weighted by molar-refractivity contribution is 0.0543. The molecule has 0 aliphatic rings. The molecule has 3 aromatic rings. The van der Waals surface area contributed by atoms with E-state index in [4.69, 9.17) is 19.5 Å². The molecule has 0 saturated carbocycles. The molecule has 0 bridgehead atoms. The summed E-state index contributed by atoms with van der Waals surface area (Å²) in [6, 6.07) is 4.39. The fourth-order valence-corrected chi connectivity index (χ4v) is 2.68. The predicted molar refractivity (Wildman–Crippen MR) is 114 cm³/mol. The number of nitrogens with zero attached hydrogens (tertiary/aromatic N) is 7. The number of methoxy groups -OCH3 is 1. The van der Waals surface area contributed by atoms with E-state index in [0.717, 1.165) is 15.4 Å². The lowest BCUT2D eigenvalue weighted by Gasteiger charge is -2.14. The quantitative estimate of drug-likeness (QED) is 0.387. The Bertz CT molecular complexity index is 1200. The van der Waals surface area contributed by atoms with Gasteiger partial charge < -0.3 is 24.8 Å². The Labute approximate surface area is 187 Å². The number of benzene rings is 1. The van der Waals surface area contributed by atoms with E-state index in [0.29, 0.717) is 13.2 Å². The van der Waals surface area contributed by atoms with E-state index in [1.54, 1.807) is 14.2 Å². The monoisotopic (exact) mass is 459 g/mol. The summed E-state index contributed by atoms with van der Waals surface area (Å²) >= 11 is 0. The first-order valence-corrected chi connectivity index (χ1v) is 9.72. The van der Waals surface area contributed by atoms with Gasteiger partial charge in [-0.05, 0) is 16.5 Å². The number of rotatable bonds is 11. The number of tetrazole rings is 1. The maximum absolute atomic E-state index is 14.9. The summed E-state index contributed by atoms with van der Waals surface area (Å²) in [6.07, 6.45) is 1.30. The molecule has 0 aliphatic carbocycles. The largest absolute Gasteiger partial charge is 0.489 e. The van der Waals surface area contributed by atoms with Crippen LogP contribution in [0.2, 0.25) is 0 Å². The molecule has 2 heterocycles. The van der Waals surface area contributed by atoms with E-state index in [1.165, 1.54) is 19.3 Å². The van der Waals surface area contributed by atoms with Gasteiger partial charge in [-0.2, -0.15) is 19.6 Å². The van der Waals surface area contributed by atoms with Crippen LogP contribution in [0.5, 0.6) is 5.75 Å². The van der Waals surface area contributed by atoms with Gasteiger partial charge in [-0.25, -0.2) is 14.2 Å². The summed E-state index contributed by atoms with van der Waals surface area (Å²) in [6.45, 7) is 1.14. The van der Waals surface area contributed by atoms with Gasteiger partial charge in [0.05, 0.1) is 31.7 Å². The fraction of sp³-hybridized carbons (Fsp3) is 0.368. The van der Waals surface area contributed by atoms with Gasteiger partial charge in [0.15, 0.2) is 5.82 Å². The Balaban J connectivity index is 1.91. The summed E-state index contributed by atoms with van der Waals surface area (Å²) in [7, 11) is 4.59. The minimum Gasteiger partial charge on any atom is -0.489 e. The van der Waals surface area contributed by atoms with Gasteiger partial charge >= 0.3 is 5.69 Å². The SMILES string of the molecule is CNc1nc(Nc2cc(-n3nnn(C)c3=O)c(OCCOCCOC)cc2F)ncc1C#N. The third-order valence-electron chi connectivity index (χ3n) is 4.31. The molecule has 14 heteroatoms. The number of aryl methyl sites for hydroxylation is 1. The van der Waals surface area contributed by atoms with Crippen molar-refractivity contribution in [2.45, 2.75) is 0 Å². The molecule has 1 aromatic carbocycles. The van der Waals surface area contributed by atoms with E-state index in [-0.39, 0.29) is 47.7 Å². The zero-order chi connectivity index (χ0) is 23.8. The van der Waals surface area contributed by atoms with E-state index >= 15 is 0 Å². The Hall–Kier alpha value is -4.09. The first-order chi connectivity index (χ1) is 16.0. The lowest BCUT2D eigenvalue weighted by Crippen LogP contribution is -2.23. The Morgan fingerprint density at radius 1 is 1.21 bits per heavy atom. The van der Waals surface area contributed by atoms with Crippen molar-refractivity contribution >= 4 is 17.5 Å². The fourth-order valence-electron chi connectivity index (χ4n) is 2.68. The molecule has 0 amide bonds. The molecule has 13 nitrogen and oxygen atoms in total. The molecule has 0 fully saturated rings. The van der Waals surface area contributed by atoms with Crippen LogP contribution in [0, 0.1) is 17.1 Å². The summed E-state index contributed by atoms with van der Waals surface area (Å²) in [5, 5.41) is 22.1. The first kappa shape index (κ1) is 23.6. The van der Waals surface area contributed by atoms with Gasteiger partial charge in [-0.15, -0.1) is 0 Å². The minimum absolute atomic E-state index is 0.0369. The topological polar surface area (TPSA) is 154 Å². The number of hydrogen-bond donors (Lipinski definition) is 2. The van der Waals surface area contributed by atoms with Gasteiger partial charge in [0, 0.05) is 27.3 Å². The summed E-state index contributed by atoms with van der Waals surface area (Å²) in [5.41, 5.74) is -0.220. The number of hydrogen-bond acceptors (Lipinski definition) is 11. The van der Waals surface area contributed by atoms with Crippen LogP contribution >= 0.6 is 0 Å². The first-order valence-electron chi connectivity index (χ1n) is 9.72.